The number of hydrogen-bond acceptors (Lipinski definition) is 5. The molecule has 7 nitrogen and oxygen atoms in total. The third-order valence-electron chi connectivity index (χ3n) is 4.31. The maximum atomic E-state index is 13.4. The molecule has 0 spiro atoms. The number of hydrogen-bond donors (Lipinski definition) is 2. The Hall–Kier alpha value is -3.18. The molecule has 2 aromatic rings. The second kappa shape index (κ2) is 8.47. The second-order valence-corrected chi connectivity index (χ2v) is 6.11. The van der Waals surface area contributed by atoms with Crippen LogP contribution in [-0.2, 0) is 0 Å². The number of aliphatic imine (C=N–C) groups is 1. The number of likely N-dealkylation sites (N-methyl/N-ethyl adjacent to an activating group) is 1. The first kappa shape index (κ1) is 20.1. The summed E-state index contributed by atoms with van der Waals surface area (Å²) in [5, 5.41) is 12.3. The Morgan fingerprint density at radius 2 is 2.11 bits per heavy atom. The molecule has 1 aromatic heterocycles. The molecule has 0 fully saturated rings. The summed E-state index contributed by atoms with van der Waals surface area (Å²) < 4.78 is 15.0. The largest absolute Gasteiger partial charge is 0.358 e. The van der Waals surface area contributed by atoms with Crippen LogP contribution in [0.4, 0.5) is 15.9 Å². The summed E-state index contributed by atoms with van der Waals surface area (Å²) in [5.74, 6) is -0.385. The molecule has 0 radical (unpaired) electrons. The van der Waals surface area contributed by atoms with E-state index in [0.717, 1.165) is 6.42 Å². The van der Waals surface area contributed by atoms with Gasteiger partial charge in [-0.25, -0.2) is 4.39 Å². The van der Waals surface area contributed by atoms with E-state index in [0.29, 0.717) is 18.1 Å². The Kier molecular flexibility index (Phi) is 6.32. The van der Waals surface area contributed by atoms with Gasteiger partial charge in [0.1, 0.15) is 34.6 Å². The number of aromatic nitrogens is 1. The molecule has 1 amide bonds. The Morgan fingerprint density at radius 1 is 1.48 bits per heavy atom. The number of benzene rings is 1. The molecule has 1 atom stereocenters. The standard InChI is InChI=1S/C19H23FN6O/c1-5-13(22)11-25(4)19-15(10-21)16(23-2)17(18(27)24-3)26(19)14-8-6-12(20)7-9-14/h6-9,13H,2,5,11,22H2,1,3-4H3,(H,24,27). The van der Waals surface area contributed by atoms with Gasteiger partial charge in [-0.2, -0.15) is 5.26 Å². The van der Waals surface area contributed by atoms with Crippen molar-refractivity contribution in [3.05, 3.63) is 41.3 Å². The van der Waals surface area contributed by atoms with Gasteiger partial charge in [0.2, 0.25) is 0 Å². The van der Waals surface area contributed by atoms with Crippen molar-refractivity contribution >= 4 is 24.1 Å². The van der Waals surface area contributed by atoms with Crippen LogP contribution in [0.15, 0.2) is 29.3 Å². The molecular formula is C19H23FN6O. The number of nitriles is 1. The molecule has 3 N–H and O–H groups in total. The lowest BCUT2D eigenvalue weighted by molar-refractivity contribution is 0.0957. The smallest absolute Gasteiger partial charge is 0.270 e. The quantitative estimate of drug-likeness (QED) is 0.731. The van der Waals surface area contributed by atoms with Crippen LogP contribution in [0.2, 0.25) is 0 Å². The van der Waals surface area contributed by atoms with Crippen LogP contribution in [0.5, 0.6) is 0 Å². The summed E-state index contributed by atoms with van der Waals surface area (Å²) in [5.41, 5.74) is 7.13. The highest BCUT2D eigenvalue weighted by atomic mass is 19.1. The van der Waals surface area contributed by atoms with E-state index in [1.807, 2.05) is 6.92 Å². The Balaban J connectivity index is 2.85. The van der Waals surface area contributed by atoms with Gasteiger partial charge in [-0.3, -0.25) is 14.4 Å². The monoisotopic (exact) mass is 370 g/mol. The predicted molar refractivity (Wildman–Crippen MR) is 105 cm³/mol. The summed E-state index contributed by atoms with van der Waals surface area (Å²) in [6.07, 6.45) is 0.748. The molecular weight excluding hydrogens is 347 g/mol. The minimum Gasteiger partial charge on any atom is -0.358 e. The molecule has 142 valence electrons. The molecule has 27 heavy (non-hydrogen) atoms. The number of carbonyl (C=O) groups excluding carboxylic acids is 1. The first-order valence-electron chi connectivity index (χ1n) is 8.49. The van der Waals surface area contributed by atoms with Crippen LogP contribution < -0.4 is 16.0 Å². The van der Waals surface area contributed by atoms with E-state index in [1.54, 1.807) is 16.5 Å². The summed E-state index contributed by atoms with van der Waals surface area (Å²) in [6, 6.07) is 7.64. The first-order valence-corrected chi connectivity index (χ1v) is 8.49. The highest BCUT2D eigenvalue weighted by molar-refractivity contribution is 6.02. The lowest BCUT2D eigenvalue weighted by Gasteiger charge is -2.25. The number of nitrogens with two attached hydrogens (primary N) is 1. The lowest BCUT2D eigenvalue weighted by atomic mass is 10.2. The van der Waals surface area contributed by atoms with Crippen molar-refractivity contribution < 1.29 is 9.18 Å². The molecule has 0 aliphatic carbocycles. The highest BCUT2D eigenvalue weighted by Gasteiger charge is 2.29. The molecule has 0 saturated heterocycles. The highest BCUT2D eigenvalue weighted by Crippen LogP contribution is 2.38. The van der Waals surface area contributed by atoms with Gasteiger partial charge in [0.05, 0.1) is 0 Å². The molecule has 2 rings (SSSR count). The van der Waals surface area contributed by atoms with Gasteiger partial charge in [-0.15, -0.1) is 0 Å². The van der Waals surface area contributed by atoms with Crippen LogP contribution >= 0.6 is 0 Å². The number of halogens is 1. The third kappa shape index (κ3) is 3.83. The van der Waals surface area contributed by atoms with Crippen LogP contribution in [0.1, 0.15) is 29.4 Å². The van der Waals surface area contributed by atoms with Crippen molar-refractivity contribution in [2.45, 2.75) is 19.4 Å². The van der Waals surface area contributed by atoms with Gasteiger partial charge in [-0.1, -0.05) is 6.92 Å². The normalized spacial score (nSPS) is 11.6. The van der Waals surface area contributed by atoms with Crippen LogP contribution in [0.3, 0.4) is 0 Å². The van der Waals surface area contributed by atoms with Crippen LogP contribution in [0.25, 0.3) is 5.69 Å². The van der Waals surface area contributed by atoms with Crippen molar-refractivity contribution in [2.75, 3.05) is 25.5 Å². The van der Waals surface area contributed by atoms with E-state index < -0.39 is 11.7 Å². The molecule has 0 saturated carbocycles. The molecule has 0 aliphatic heterocycles. The lowest BCUT2D eigenvalue weighted by Crippen LogP contribution is -2.36. The minimum atomic E-state index is -0.433. The fourth-order valence-corrected chi connectivity index (χ4v) is 2.90. The van der Waals surface area contributed by atoms with E-state index in [9.17, 15) is 14.4 Å². The molecule has 8 heteroatoms. The average Bonchev–Trinajstić information content (AvgIpc) is 3.01. The van der Waals surface area contributed by atoms with Crippen molar-refractivity contribution in [3.63, 3.8) is 0 Å². The van der Waals surface area contributed by atoms with E-state index in [2.05, 4.69) is 23.1 Å². The number of rotatable bonds is 7. The summed E-state index contributed by atoms with van der Waals surface area (Å²) >= 11 is 0. The Morgan fingerprint density at radius 3 is 2.59 bits per heavy atom. The predicted octanol–water partition coefficient (Wildman–Crippen LogP) is 2.35. The Labute approximate surface area is 157 Å². The topological polar surface area (TPSA) is 99.4 Å². The third-order valence-corrected chi connectivity index (χ3v) is 4.31. The number of nitrogens with zero attached hydrogens (tertiary/aromatic N) is 4. The van der Waals surface area contributed by atoms with E-state index in [4.69, 9.17) is 5.73 Å². The zero-order valence-electron chi connectivity index (χ0n) is 15.7. The fraction of sp³-hybridized carbons (Fsp3) is 0.316. The summed E-state index contributed by atoms with van der Waals surface area (Å²) in [6.45, 7) is 5.94. The van der Waals surface area contributed by atoms with E-state index in [-0.39, 0.29) is 23.0 Å². The van der Waals surface area contributed by atoms with Crippen molar-refractivity contribution in [3.8, 4) is 11.8 Å². The molecule has 1 aromatic carbocycles. The summed E-state index contributed by atoms with van der Waals surface area (Å²) in [4.78, 5) is 18.3. The minimum absolute atomic E-state index is 0.123. The molecule has 0 bridgehead atoms. The zero-order valence-corrected chi connectivity index (χ0v) is 15.7. The molecule has 1 unspecified atom stereocenters. The van der Waals surface area contributed by atoms with Crippen molar-refractivity contribution in [2.24, 2.45) is 10.7 Å². The zero-order chi connectivity index (χ0) is 20.1. The van der Waals surface area contributed by atoms with E-state index >= 15 is 0 Å². The average molecular weight is 370 g/mol. The second-order valence-electron chi connectivity index (χ2n) is 6.11. The number of amides is 1. The van der Waals surface area contributed by atoms with Gasteiger partial charge in [-0.05, 0) is 37.4 Å². The van der Waals surface area contributed by atoms with Crippen molar-refractivity contribution in [1.29, 1.82) is 5.26 Å². The number of anilines is 1. The Bertz CT molecular complexity index is 881. The number of nitrogens with one attached hydrogen (secondary N) is 1. The maximum Gasteiger partial charge on any atom is 0.270 e. The maximum absolute atomic E-state index is 13.4. The fourth-order valence-electron chi connectivity index (χ4n) is 2.90. The van der Waals surface area contributed by atoms with Crippen LogP contribution in [-0.4, -0.2) is 43.9 Å². The first-order chi connectivity index (χ1) is 12.9. The van der Waals surface area contributed by atoms with E-state index in [1.165, 1.54) is 31.3 Å². The summed E-state index contributed by atoms with van der Waals surface area (Å²) in [7, 11) is 3.27. The van der Waals surface area contributed by atoms with Crippen LogP contribution in [0, 0.1) is 17.1 Å². The van der Waals surface area contributed by atoms with Gasteiger partial charge >= 0.3 is 0 Å². The van der Waals surface area contributed by atoms with Gasteiger partial charge in [0.25, 0.3) is 5.91 Å². The van der Waals surface area contributed by atoms with Crippen molar-refractivity contribution in [1.82, 2.24) is 9.88 Å². The molecule has 0 aliphatic rings. The number of carbonyl (C=O) groups is 1. The van der Waals surface area contributed by atoms with Gasteiger partial charge in [0, 0.05) is 32.4 Å². The van der Waals surface area contributed by atoms with Gasteiger partial charge in [0.15, 0.2) is 0 Å². The van der Waals surface area contributed by atoms with Gasteiger partial charge < -0.3 is 16.0 Å². The molecule has 1 heterocycles. The SMILES string of the molecule is C=Nc1c(C#N)c(N(C)CC(N)CC)n(-c2ccc(F)cc2)c1C(=O)NC.